The van der Waals surface area contributed by atoms with E-state index >= 15 is 0 Å². The summed E-state index contributed by atoms with van der Waals surface area (Å²) in [4.78, 5) is 17.0. The van der Waals surface area contributed by atoms with E-state index in [0.717, 1.165) is 25.4 Å². The van der Waals surface area contributed by atoms with Gasteiger partial charge in [0.2, 0.25) is 0 Å². The molecule has 1 unspecified atom stereocenters. The average Bonchev–Trinajstić information content (AvgIpc) is 2.96. The highest BCUT2D eigenvalue weighted by molar-refractivity contribution is 5.92. The van der Waals surface area contributed by atoms with Crippen molar-refractivity contribution in [2.24, 2.45) is 5.92 Å². The van der Waals surface area contributed by atoms with Crippen LogP contribution in [0.2, 0.25) is 0 Å². The third-order valence-corrected chi connectivity index (χ3v) is 5.16. The molecule has 0 aromatic carbocycles. The van der Waals surface area contributed by atoms with Crippen molar-refractivity contribution in [2.45, 2.75) is 38.1 Å². The van der Waals surface area contributed by atoms with Gasteiger partial charge in [-0.15, -0.1) is 0 Å². The molecular weight excluding hydrogens is 254 g/mol. The van der Waals surface area contributed by atoms with Crippen molar-refractivity contribution < 1.29 is 9.32 Å². The molecule has 108 valence electrons. The standard InChI is InChI=1S/C15H21N3O2/c1-11-8-13(16-20-11)14(19)17-6-4-15(10-17)5-7-18(15)9-12-2-3-12/h8,12H,2-7,9-10H2,1H3. The minimum atomic E-state index is 0.0250. The first-order chi connectivity index (χ1) is 9.66. The molecule has 3 aliphatic rings. The molecule has 5 heteroatoms. The Bertz CT molecular complexity index is 537. The second-order valence-corrected chi connectivity index (χ2v) is 6.66. The number of aromatic nitrogens is 1. The third-order valence-electron chi connectivity index (χ3n) is 5.16. The molecule has 0 bridgehead atoms. The van der Waals surface area contributed by atoms with Crippen molar-refractivity contribution in [1.29, 1.82) is 0 Å². The van der Waals surface area contributed by atoms with E-state index in [0.29, 0.717) is 11.5 Å². The van der Waals surface area contributed by atoms with Crippen LogP contribution in [-0.4, -0.2) is 52.6 Å². The van der Waals surface area contributed by atoms with Crippen LogP contribution in [-0.2, 0) is 0 Å². The smallest absolute Gasteiger partial charge is 0.276 e. The van der Waals surface area contributed by atoms with Crippen molar-refractivity contribution in [1.82, 2.24) is 15.0 Å². The fourth-order valence-corrected chi connectivity index (χ4v) is 3.60. The van der Waals surface area contributed by atoms with Gasteiger partial charge in [0.15, 0.2) is 5.69 Å². The summed E-state index contributed by atoms with van der Waals surface area (Å²) >= 11 is 0. The number of amides is 1. The van der Waals surface area contributed by atoms with Gasteiger partial charge in [-0.25, -0.2) is 0 Å². The van der Waals surface area contributed by atoms with Crippen LogP contribution < -0.4 is 0 Å². The van der Waals surface area contributed by atoms with Gasteiger partial charge in [0, 0.05) is 37.8 Å². The molecule has 3 heterocycles. The number of carbonyl (C=O) groups is 1. The molecule has 2 saturated heterocycles. The number of hydrogen-bond acceptors (Lipinski definition) is 4. The van der Waals surface area contributed by atoms with Crippen LogP contribution in [0.3, 0.4) is 0 Å². The molecule has 2 aliphatic heterocycles. The molecular formula is C15H21N3O2. The average molecular weight is 275 g/mol. The quantitative estimate of drug-likeness (QED) is 0.842. The molecule has 0 radical (unpaired) electrons. The fraction of sp³-hybridized carbons (Fsp3) is 0.733. The summed E-state index contributed by atoms with van der Waals surface area (Å²) in [6, 6.07) is 1.73. The topological polar surface area (TPSA) is 49.6 Å². The highest BCUT2D eigenvalue weighted by Crippen LogP contribution is 2.42. The molecule has 1 amide bonds. The highest BCUT2D eigenvalue weighted by atomic mass is 16.5. The monoisotopic (exact) mass is 275 g/mol. The van der Waals surface area contributed by atoms with Crippen LogP contribution in [0.15, 0.2) is 10.6 Å². The normalized spacial score (nSPS) is 29.9. The summed E-state index contributed by atoms with van der Waals surface area (Å²) in [6.45, 7) is 5.99. The summed E-state index contributed by atoms with van der Waals surface area (Å²) in [5.41, 5.74) is 0.726. The number of likely N-dealkylation sites (tertiary alicyclic amines) is 2. The summed E-state index contributed by atoms with van der Waals surface area (Å²) in [7, 11) is 0. The fourth-order valence-electron chi connectivity index (χ4n) is 3.60. The predicted octanol–water partition coefficient (Wildman–Crippen LogP) is 1.68. The maximum Gasteiger partial charge on any atom is 0.276 e. The first-order valence-electron chi connectivity index (χ1n) is 7.64. The highest BCUT2D eigenvalue weighted by Gasteiger charge is 2.51. The van der Waals surface area contributed by atoms with E-state index in [9.17, 15) is 4.79 Å². The molecule has 0 N–H and O–H groups in total. The lowest BCUT2D eigenvalue weighted by atomic mass is 9.83. The van der Waals surface area contributed by atoms with Crippen molar-refractivity contribution >= 4 is 5.91 Å². The zero-order valence-corrected chi connectivity index (χ0v) is 12.0. The second-order valence-electron chi connectivity index (χ2n) is 6.66. The minimum absolute atomic E-state index is 0.0250. The van der Waals surface area contributed by atoms with E-state index in [1.54, 1.807) is 6.07 Å². The summed E-state index contributed by atoms with van der Waals surface area (Å²) in [5, 5.41) is 3.85. The number of aryl methyl sites for hydroxylation is 1. The maximum atomic E-state index is 12.4. The van der Waals surface area contributed by atoms with Gasteiger partial charge in [-0.3, -0.25) is 9.69 Å². The molecule has 1 aromatic heterocycles. The first-order valence-corrected chi connectivity index (χ1v) is 7.64. The Labute approximate surface area is 118 Å². The Morgan fingerprint density at radius 2 is 2.25 bits per heavy atom. The SMILES string of the molecule is Cc1cc(C(=O)N2CCC3(CCN3CC3CC3)C2)no1. The van der Waals surface area contributed by atoms with Crippen LogP contribution in [0.1, 0.15) is 41.9 Å². The van der Waals surface area contributed by atoms with E-state index in [-0.39, 0.29) is 11.4 Å². The molecule has 4 rings (SSSR count). The Balaban J connectivity index is 1.43. The summed E-state index contributed by atoms with van der Waals surface area (Å²) in [5.74, 6) is 1.65. The Morgan fingerprint density at radius 3 is 2.85 bits per heavy atom. The lowest BCUT2D eigenvalue weighted by Crippen LogP contribution is -2.61. The van der Waals surface area contributed by atoms with E-state index in [1.807, 2.05) is 11.8 Å². The molecule has 1 spiro atoms. The van der Waals surface area contributed by atoms with Gasteiger partial charge in [-0.05, 0) is 38.5 Å². The van der Waals surface area contributed by atoms with Gasteiger partial charge in [0.1, 0.15) is 5.76 Å². The molecule has 1 aliphatic carbocycles. The van der Waals surface area contributed by atoms with Crippen LogP contribution >= 0.6 is 0 Å². The molecule has 3 fully saturated rings. The first kappa shape index (κ1) is 12.4. The number of carbonyl (C=O) groups excluding carboxylic acids is 1. The van der Waals surface area contributed by atoms with Crippen LogP contribution in [0.25, 0.3) is 0 Å². The second kappa shape index (κ2) is 4.32. The van der Waals surface area contributed by atoms with Gasteiger partial charge in [0.05, 0.1) is 0 Å². The van der Waals surface area contributed by atoms with Crippen LogP contribution in [0.4, 0.5) is 0 Å². The largest absolute Gasteiger partial charge is 0.361 e. The number of rotatable bonds is 3. The van der Waals surface area contributed by atoms with Gasteiger partial charge in [-0.1, -0.05) is 5.16 Å². The van der Waals surface area contributed by atoms with Gasteiger partial charge < -0.3 is 9.42 Å². The van der Waals surface area contributed by atoms with Crippen molar-refractivity contribution in [2.75, 3.05) is 26.2 Å². The van der Waals surface area contributed by atoms with Crippen molar-refractivity contribution in [3.8, 4) is 0 Å². The Hall–Kier alpha value is -1.36. The molecule has 1 aromatic rings. The predicted molar refractivity (Wildman–Crippen MR) is 73.4 cm³/mol. The summed E-state index contributed by atoms with van der Waals surface area (Å²) in [6.07, 6.45) is 5.14. The van der Waals surface area contributed by atoms with Gasteiger partial charge in [0.25, 0.3) is 5.91 Å². The van der Waals surface area contributed by atoms with Crippen molar-refractivity contribution in [3.05, 3.63) is 17.5 Å². The zero-order valence-electron chi connectivity index (χ0n) is 12.0. The van der Waals surface area contributed by atoms with Gasteiger partial charge in [-0.2, -0.15) is 0 Å². The van der Waals surface area contributed by atoms with Crippen LogP contribution in [0, 0.1) is 12.8 Å². The molecule has 20 heavy (non-hydrogen) atoms. The number of hydrogen-bond donors (Lipinski definition) is 0. The third kappa shape index (κ3) is 1.95. The molecule has 1 atom stereocenters. The van der Waals surface area contributed by atoms with E-state index in [2.05, 4.69) is 10.1 Å². The van der Waals surface area contributed by atoms with E-state index < -0.39 is 0 Å². The maximum absolute atomic E-state index is 12.4. The van der Waals surface area contributed by atoms with Crippen molar-refractivity contribution in [3.63, 3.8) is 0 Å². The van der Waals surface area contributed by atoms with Gasteiger partial charge >= 0.3 is 0 Å². The zero-order chi connectivity index (χ0) is 13.7. The lowest BCUT2D eigenvalue weighted by molar-refractivity contribution is -0.00938. The lowest BCUT2D eigenvalue weighted by Gasteiger charge is -2.51. The summed E-state index contributed by atoms with van der Waals surface area (Å²) < 4.78 is 5.01. The van der Waals surface area contributed by atoms with Crippen LogP contribution in [0.5, 0.6) is 0 Å². The number of nitrogens with zero attached hydrogens (tertiary/aromatic N) is 3. The Morgan fingerprint density at radius 1 is 1.45 bits per heavy atom. The Kier molecular flexibility index (Phi) is 2.67. The van der Waals surface area contributed by atoms with E-state index in [4.69, 9.17) is 4.52 Å². The molecule has 5 nitrogen and oxygen atoms in total. The minimum Gasteiger partial charge on any atom is -0.361 e. The van der Waals surface area contributed by atoms with E-state index in [1.165, 1.54) is 32.4 Å². The molecule has 1 saturated carbocycles.